The molecule has 0 saturated carbocycles. The van der Waals surface area contributed by atoms with E-state index in [-0.39, 0.29) is 33.8 Å². The van der Waals surface area contributed by atoms with E-state index in [4.69, 9.17) is 11.5 Å². The highest BCUT2D eigenvalue weighted by Gasteiger charge is 2.25. The molecule has 0 saturated heterocycles. The van der Waals surface area contributed by atoms with E-state index in [1.807, 2.05) is 60.7 Å². The van der Waals surface area contributed by atoms with Gasteiger partial charge in [-0.1, -0.05) is 99.2 Å². The molecule has 4 aromatic rings. The number of amides is 2. The van der Waals surface area contributed by atoms with E-state index >= 15 is 0 Å². The van der Waals surface area contributed by atoms with Crippen LogP contribution in [0.5, 0.6) is 0 Å². The molecule has 0 aliphatic carbocycles. The first-order chi connectivity index (χ1) is 24.3. The Morgan fingerprint density at radius 2 is 0.860 bits per heavy atom. The van der Waals surface area contributed by atoms with Crippen molar-refractivity contribution in [3.05, 3.63) is 131 Å². The van der Waals surface area contributed by atoms with Gasteiger partial charge >= 0.3 is 0 Å². The van der Waals surface area contributed by atoms with Gasteiger partial charge in [-0.05, 0) is 62.0 Å². The smallest absolute Gasteiger partial charge is 0.249 e. The number of aromatic nitrogens is 2. The molecule has 0 aliphatic heterocycles. The Labute approximate surface area is 294 Å². The van der Waals surface area contributed by atoms with Crippen molar-refractivity contribution in [2.24, 2.45) is 11.5 Å². The minimum atomic E-state index is -0.645. The van der Waals surface area contributed by atoms with Crippen LogP contribution in [0.4, 0.5) is 0 Å². The third-order valence-corrected chi connectivity index (χ3v) is 8.79. The van der Waals surface area contributed by atoms with Crippen molar-refractivity contribution in [1.82, 2.24) is 20.6 Å². The standard InChI is InChI=1S/C40H48N6O4/c41-39(49)31-19-23-43-27-33(31)37(47)35(25-29-15-9-7-10-16-29)45-21-13-5-3-1-2-4-6-14-22-46-36(26-30-17-11-8-12-18-30)38(48)34-28-44-24-20-32(34)40(42)50/h7-12,15-20,23-24,27-28,35-36,45-46H,1-6,13-14,21-22,25-26H2,(H2,41,49)(H2,42,50). The van der Waals surface area contributed by atoms with Crippen LogP contribution in [0.1, 0.15) is 104 Å². The number of carbonyl (C=O) groups is 4. The van der Waals surface area contributed by atoms with Crippen molar-refractivity contribution in [3.8, 4) is 0 Å². The first-order valence-corrected chi connectivity index (χ1v) is 17.5. The SMILES string of the molecule is NC(=O)c1ccncc1C(=O)C(Cc1ccccc1)NCCCCCCCCCCNC(Cc1ccccc1)C(=O)c1cnccc1C(N)=O. The van der Waals surface area contributed by atoms with E-state index in [0.717, 1.165) is 62.5 Å². The number of nitrogens with one attached hydrogen (secondary N) is 2. The van der Waals surface area contributed by atoms with E-state index in [1.165, 1.54) is 36.9 Å². The molecule has 2 amide bonds. The maximum atomic E-state index is 13.5. The summed E-state index contributed by atoms with van der Waals surface area (Å²) < 4.78 is 0. The van der Waals surface area contributed by atoms with E-state index < -0.39 is 23.9 Å². The molecule has 0 fully saturated rings. The van der Waals surface area contributed by atoms with Gasteiger partial charge in [-0.25, -0.2) is 0 Å². The number of hydrogen-bond acceptors (Lipinski definition) is 8. The van der Waals surface area contributed by atoms with E-state index in [2.05, 4.69) is 20.6 Å². The average molecular weight is 677 g/mol. The van der Waals surface area contributed by atoms with Crippen molar-refractivity contribution in [2.45, 2.75) is 76.3 Å². The highest BCUT2D eigenvalue weighted by Crippen LogP contribution is 2.16. The fraction of sp³-hybridized carbons (Fsp3) is 0.350. The molecule has 2 unspecified atom stereocenters. The number of pyridine rings is 2. The molecule has 10 nitrogen and oxygen atoms in total. The molecular formula is C40H48N6O4. The lowest BCUT2D eigenvalue weighted by molar-refractivity contribution is 0.0925. The highest BCUT2D eigenvalue weighted by atomic mass is 16.2. The van der Waals surface area contributed by atoms with Gasteiger partial charge in [-0.2, -0.15) is 0 Å². The molecule has 0 radical (unpaired) electrons. The van der Waals surface area contributed by atoms with E-state index in [1.54, 1.807) is 0 Å². The molecule has 0 spiro atoms. The summed E-state index contributed by atoms with van der Waals surface area (Å²) >= 11 is 0. The van der Waals surface area contributed by atoms with Gasteiger partial charge in [0, 0.05) is 24.8 Å². The number of nitrogens with zero attached hydrogens (tertiary/aromatic N) is 2. The number of ketones is 2. The number of unbranched alkanes of at least 4 members (excludes halogenated alkanes) is 7. The maximum absolute atomic E-state index is 13.5. The number of Topliss-reactive ketones (excluding diaryl/α,β-unsaturated/α-hetero) is 2. The zero-order chi connectivity index (χ0) is 35.6. The van der Waals surface area contributed by atoms with Gasteiger partial charge in [-0.3, -0.25) is 29.1 Å². The van der Waals surface area contributed by atoms with Crippen LogP contribution in [0.15, 0.2) is 97.6 Å². The Bertz CT molecular complexity index is 1560. The fourth-order valence-corrected chi connectivity index (χ4v) is 6.06. The van der Waals surface area contributed by atoms with Crippen molar-refractivity contribution < 1.29 is 19.2 Å². The Kier molecular flexibility index (Phi) is 15.4. The second kappa shape index (κ2) is 20.5. The largest absolute Gasteiger partial charge is 0.366 e. The zero-order valence-electron chi connectivity index (χ0n) is 28.6. The summed E-state index contributed by atoms with van der Waals surface area (Å²) in [4.78, 5) is 59.0. The third-order valence-electron chi connectivity index (χ3n) is 8.79. The lowest BCUT2D eigenvalue weighted by atomic mass is 9.95. The summed E-state index contributed by atoms with van der Waals surface area (Å²) in [6, 6.07) is 21.6. The van der Waals surface area contributed by atoms with E-state index in [9.17, 15) is 19.2 Å². The summed E-state index contributed by atoms with van der Waals surface area (Å²) in [6.45, 7) is 1.37. The Morgan fingerprint density at radius 1 is 0.500 bits per heavy atom. The van der Waals surface area contributed by atoms with Crippen LogP contribution >= 0.6 is 0 Å². The first-order valence-electron chi connectivity index (χ1n) is 17.5. The summed E-state index contributed by atoms with van der Waals surface area (Å²) in [5.74, 6) is -1.66. The Hall–Kier alpha value is -5.06. The molecule has 50 heavy (non-hydrogen) atoms. The number of rotatable bonds is 23. The molecule has 6 N–H and O–H groups in total. The van der Waals surface area contributed by atoms with Crippen molar-refractivity contribution >= 4 is 23.4 Å². The minimum Gasteiger partial charge on any atom is -0.366 e. The Morgan fingerprint density at radius 3 is 1.22 bits per heavy atom. The molecule has 2 aromatic heterocycles. The van der Waals surface area contributed by atoms with Gasteiger partial charge in [0.15, 0.2) is 11.6 Å². The molecule has 4 rings (SSSR count). The number of benzene rings is 2. The second-order valence-corrected chi connectivity index (χ2v) is 12.5. The Balaban J connectivity index is 1.16. The van der Waals surface area contributed by atoms with Gasteiger partial charge in [0.1, 0.15) is 0 Å². The lowest BCUT2D eigenvalue weighted by Crippen LogP contribution is -2.40. The zero-order valence-corrected chi connectivity index (χ0v) is 28.6. The monoisotopic (exact) mass is 676 g/mol. The highest BCUT2D eigenvalue weighted by molar-refractivity contribution is 6.10. The molecule has 0 aliphatic rings. The molecule has 2 heterocycles. The molecule has 2 aromatic carbocycles. The van der Waals surface area contributed by atoms with Gasteiger partial charge in [-0.15, -0.1) is 0 Å². The minimum absolute atomic E-state index is 0.185. The maximum Gasteiger partial charge on any atom is 0.249 e. The van der Waals surface area contributed by atoms with Crippen LogP contribution in [0, 0.1) is 0 Å². The number of nitrogens with two attached hydrogens (primary N) is 2. The predicted molar refractivity (Wildman–Crippen MR) is 195 cm³/mol. The lowest BCUT2D eigenvalue weighted by Gasteiger charge is -2.19. The fourth-order valence-electron chi connectivity index (χ4n) is 6.06. The quantitative estimate of drug-likeness (QED) is 0.0609. The van der Waals surface area contributed by atoms with Crippen LogP contribution in [0.3, 0.4) is 0 Å². The topological polar surface area (TPSA) is 170 Å². The summed E-state index contributed by atoms with van der Waals surface area (Å²) in [6.07, 6.45) is 15.2. The summed E-state index contributed by atoms with van der Waals surface area (Å²) in [5.41, 5.74) is 14.0. The van der Waals surface area contributed by atoms with Crippen molar-refractivity contribution in [3.63, 3.8) is 0 Å². The van der Waals surface area contributed by atoms with Crippen LogP contribution in [0.2, 0.25) is 0 Å². The third kappa shape index (κ3) is 11.8. The van der Waals surface area contributed by atoms with Crippen molar-refractivity contribution in [2.75, 3.05) is 13.1 Å². The van der Waals surface area contributed by atoms with Crippen LogP contribution in [-0.4, -0.2) is 58.5 Å². The molecule has 0 bridgehead atoms. The van der Waals surface area contributed by atoms with Crippen LogP contribution < -0.4 is 22.1 Å². The first kappa shape index (κ1) is 37.8. The van der Waals surface area contributed by atoms with Crippen LogP contribution in [-0.2, 0) is 12.8 Å². The molecule has 10 heteroatoms. The molecule has 262 valence electrons. The summed E-state index contributed by atoms with van der Waals surface area (Å²) in [7, 11) is 0. The average Bonchev–Trinajstić information content (AvgIpc) is 3.14. The van der Waals surface area contributed by atoms with E-state index in [0.29, 0.717) is 25.9 Å². The molecule has 2 atom stereocenters. The van der Waals surface area contributed by atoms with Crippen LogP contribution in [0.25, 0.3) is 0 Å². The summed E-state index contributed by atoms with van der Waals surface area (Å²) in [5, 5.41) is 6.84. The van der Waals surface area contributed by atoms with Gasteiger partial charge in [0.2, 0.25) is 11.8 Å². The number of primary amides is 2. The van der Waals surface area contributed by atoms with Gasteiger partial charge < -0.3 is 22.1 Å². The number of carbonyl (C=O) groups excluding carboxylic acids is 4. The molecular weight excluding hydrogens is 628 g/mol. The number of hydrogen-bond donors (Lipinski definition) is 4. The van der Waals surface area contributed by atoms with Crippen molar-refractivity contribution in [1.29, 1.82) is 0 Å². The van der Waals surface area contributed by atoms with Gasteiger partial charge in [0.25, 0.3) is 0 Å². The second-order valence-electron chi connectivity index (χ2n) is 12.5. The normalized spacial score (nSPS) is 12.2. The predicted octanol–water partition coefficient (Wildman–Crippen LogP) is 5.26. The van der Waals surface area contributed by atoms with Gasteiger partial charge in [0.05, 0.1) is 34.3 Å².